The zero-order valence-corrected chi connectivity index (χ0v) is 21.6. The number of hydrogen-bond acceptors (Lipinski definition) is 7. The van der Waals surface area contributed by atoms with Gasteiger partial charge in [0.05, 0.1) is 6.54 Å². The summed E-state index contributed by atoms with van der Waals surface area (Å²) in [4.78, 5) is 37.8. The van der Waals surface area contributed by atoms with Gasteiger partial charge in [-0.2, -0.15) is 4.31 Å². The van der Waals surface area contributed by atoms with Crippen LogP contribution < -0.4 is 21.7 Å². The minimum atomic E-state index is -3.53. The number of benzene rings is 1. The van der Waals surface area contributed by atoms with Crippen molar-refractivity contribution in [3.8, 4) is 10.4 Å². The summed E-state index contributed by atoms with van der Waals surface area (Å²) in [5, 5.41) is 8.59. The smallest absolute Gasteiger partial charge is 0.252 e. The Kier molecular flexibility index (Phi) is 8.08. The van der Waals surface area contributed by atoms with Gasteiger partial charge < -0.3 is 21.7 Å². The number of piperazine rings is 1. The molecular weight excluding hydrogens is 502 g/mol. The van der Waals surface area contributed by atoms with Crippen LogP contribution in [-0.4, -0.2) is 68.7 Å². The van der Waals surface area contributed by atoms with E-state index in [1.807, 2.05) is 0 Å². The molecule has 12 heteroatoms. The molecule has 1 aromatic heterocycles. The third-order valence-electron chi connectivity index (χ3n) is 6.60. The van der Waals surface area contributed by atoms with Crippen molar-refractivity contribution in [1.82, 2.24) is 20.3 Å². The Morgan fingerprint density at radius 1 is 1.00 bits per heavy atom. The minimum Gasteiger partial charge on any atom is -0.368 e. The summed E-state index contributed by atoms with van der Waals surface area (Å²) < 4.78 is 27.6. The van der Waals surface area contributed by atoms with Crippen molar-refractivity contribution in [2.75, 3.05) is 32.7 Å². The van der Waals surface area contributed by atoms with Gasteiger partial charge in [-0.3, -0.25) is 14.4 Å². The number of nitrogens with one attached hydrogen (secondary N) is 3. The summed E-state index contributed by atoms with van der Waals surface area (Å²) in [5.74, 6) is -1.43. The predicted octanol–water partition coefficient (Wildman–Crippen LogP) is 1.04. The van der Waals surface area contributed by atoms with E-state index in [4.69, 9.17) is 5.73 Å². The van der Waals surface area contributed by atoms with E-state index in [1.54, 1.807) is 36.4 Å². The van der Waals surface area contributed by atoms with Crippen LogP contribution >= 0.6 is 11.3 Å². The third-order valence-corrected chi connectivity index (χ3v) is 10.1. The number of primary amides is 1. The van der Waals surface area contributed by atoms with E-state index >= 15 is 0 Å². The number of thiophene rings is 1. The molecular formula is C24H31N5O5S2. The molecule has 0 unspecified atom stereocenters. The number of nitrogens with two attached hydrogens (primary N) is 1. The Balaban J connectivity index is 1.47. The summed E-state index contributed by atoms with van der Waals surface area (Å²) >= 11 is 1.20. The predicted molar refractivity (Wildman–Crippen MR) is 137 cm³/mol. The van der Waals surface area contributed by atoms with Gasteiger partial charge in [-0.25, -0.2) is 8.42 Å². The number of nitrogens with zero attached hydrogens (tertiary/aromatic N) is 1. The molecule has 1 aliphatic heterocycles. The van der Waals surface area contributed by atoms with Crippen molar-refractivity contribution < 1.29 is 22.8 Å². The first-order valence-corrected chi connectivity index (χ1v) is 14.3. The third kappa shape index (κ3) is 5.77. The molecule has 2 aromatic rings. The first-order valence-electron chi connectivity index (χ1n) is 12.0. The molecule has 0 bridgehead atoms. The lowest BCUT2D eigenvalue weighted by atomic mass is 9.80. The van der Waals surface area contributed by atoms with Crippen LogP contribution in [0.5, 0.6) is 0 Å². The van der Waals surface area contributed by atoms with Crippen molar-refractivity contribution in [2.45, 2.75) is 41.9 Å². The van der Waals surface area contributed by atoms with Gasteiger partial charge in [0.2, 0.25) is 11.8 Å². The lowest BCUT2D eigenvalue weighted by molar-refractivity contribution is -0.130. The van der Waals surface area contributed by atoms with E-state index in [9.17, 15) is 22.8 Å². The van der Waals surface area contributed by atoms with E-state index in [2.05, 4.69) is 16.0 Å². The second kappa shape index (κ2) is 11.1. The molecule has 2 aliphatic rings. The van der Waals surface area contributed by atoms with Crippen LogP contribution in [0.15, 0.2) is 40.6 Å². The number of rotatable bonds is 8. The number of carbonyl (C=O) groups is 3. The lowest BCUT2D eigenvalue weighted by Gasteiger charge is -2.36. The van der Waals surface area contributed by atoms with Crippen LogP contribution in [0.25, 0.3) is 10.4 Å². The van der Waals surface area contributed by atoms with Crippen LogP contribution in [0.3, 0.4) is 0 Å². The van der Waals surface area contributed by atoms with Gasteiger partial charge in [0.25, 0.3) is 15.9 Å². The first-order chi connectivity index (χ1) is 17.2. The molecule has 194 valence electrons. The Morgan fingerprint density at radius 3 is 2.31 bits per heavy atom. The molecule has 1 aliphatic carbocycles. The highest BCUT2D eigenvalue weighted by atomic mass is 32.2. The van der Waals surface area contributed by atoms with Crippen LogP contribution in [0.4, 0.5) is 0 Å². The number of sulfonamides is 1. The molecule has 0 atom stereocenters. The van der Waals surface area contributed by atoms with Gasteiger partial charge in [-0.05, 0) is 42.7 Å². The quantitative estimate of drug-likeness (QED) is 0.398. The molecule has 0 radical (unpaired) electrons. The highest BCUT2D eigenvalue weighted by Crippen LogP contribution is 2.33. The maximum absolute atomic E-state index is 13.0. The summed E-state index contributed by atoms with van der Waals surface area (Å²) in [6, 6.07) is 10.2. The standard InChI is InChI=1S/C24H31N5O5S2/c25-20(30)16-27-23(32)24(10-2-1-3-11-24)28-22(31)18-6-4-17(5-7-18)19-8-9-21(35-19)36(33,34)29-14-12-26-13-15-29/h4-9,26H,1-3,10-16H2,(H2,25,30)(H,27,32)(H,28,31). The molecule has 3 amide bonds. The fourth-order valence-electron chi connectivity index (χ4n) is 4.60. The fourth-order valence-corrected chi connectivity index (χ4v) is 7.51. The van der Waals surface area contributed by atoms with E-state index in [0.29, 0.717) is 48.8 Å². The van der Waals surface area contributed by atoms with E-state index in [-0.39, 0.29) is 12.5 Å². The monoisotopic (exact) mass is 533 g/mol. The van der Waals surface area contributed by atoms with Crippen LogP contribution in [-0.2, 0) is 19.6 Å². The molecule has 0 spiro atoms. The summed E-state index contributed by atoms with van der Waals surface area (Å²) in [6.07, 6.45) is 3.53. The van der Waals surface area contributed by atoms with Gasteiger partial charge in [0.15, 0.2) is 0 Å². The molecule has 1 aromatic carbocycles. The molecule has 36 heavy (non-hydrogen) atoms. The summed E-state index contributed by atoms with van der Waals surface area (Å²) in [6.45, 7) is 1.88. The van der Waals surface area contributed by atoms with Crippen LogP contribution in [0.2, 0.25) is 0 Å². The second-order valence-corrected chi connectivity index (χ2v) is 12.3. The highest BCUT2D eigenvalue weighted by Gasteiger charge is 2.41. The molecule has 4 rings (SSSR count). The fraction of sp³-hybridized carbons (Fsp3) is 0.458. The zero-order chi connectivity index (χ0) is 25.8. The molecule has 5 N–H and O–H groups in total. The minimum absolute atomic E-state index is 0.279. The SMILES string of the molecule is NC(=O)CNC(=O)C1(NC(=O)c2ccc(-c3ccc(S(=O)(=O)N4CCNCC4)s3)cc2)CCCCC1. The normalized spacial score (nSPS) is 18.3. The topological polar surface area (TPSA) is 151 Å². The number of amides is 3. The Bertz CT molecular complexity index is 1210. The van der Waals surface area contributed by atoms with Gasteiger partial charge in [0.1, 0.15) is 9.75 Å². The van der Waals surface area contributed by atoms with E-state index in [0.717, 1.165) is 29.7 Å². The molecule has 1 saturated heterocycles. The zero-order valence-electron chi connectivity index (χ0n) is 19.9. The van der Waals surface area contributed by atoms with E-state index in [1.165, 1.54) is 15.6 Å². The maximum atomic E-state index is 13.0. The average Bonchev–Trinajstić information content (AvgIpc) is 3.40. The van der Waals surface area contributed by atoms with E-state index < -0.39 is 27.4 Å². The van der Waals surface area contributed by atoms with Crippen LogP contribution in [0, 0.1) is 0 Å². The van der Waals surface area contributed by atoms with Crippen molar-refractivity contribution in [3.05, 3.63) is 42.0 Å². The van der Waals surface area contributed by atoms with Crippen molar-refractivity contribution >= 4 is 39.1 Å². The van der Waals surface area contributed by atoms with Gasteiger partial charge >= 0.3 is 0 Å². The Hall–Kier alpha value is -2.80. The largest absolute Gasteiger partial charge is 0.368 e. The first kappa shape index (κ1) is 26.3. The average molecular weight is 534 g/mol. The van der Waals surface area contributed by atoms with Gasteiger partial charge in [0, 0.05) is 36.6 Å². The molecule has 2 fully saturated rings. The number of carbonyl (C=O) groups excluding carboxylic acids is 3. The van der Waals surface area contributed by atoms with Crippen molar-refractivity contribution in [2.24, 2.45) is 5.73 Å². The lowest BCUT2D eigenvalue weighted by Crippen LogP contribution is -2.60. The van der Waals surface area contributed by atoms with Crippen LogP contribution in [0.1, 0.15) is 42.5 Å². The van der Waals surface area contributed by atoms with Gasteiger partial charge in [-0.15, -0.1) is 11.3 Å². The Labute approximate surface area is 214 Å². The number of hydrogen-bond donors (Lipinski definition) is 4. The molecule has 2 heterocycles. The Morgan fingerprint density at radius 2 is 1.67 bits per heavy atom. The van der Waals surface area contributed by atoms with Crippen molar-refractivity contribution in [3.63, 3.8) is 0 Å². The maximum Gasteiger partial charge on any atom is 0.252 e. The molecule has 10 nitrogen and oxygen atoms in total. The highest BCUT2D eigenvalue weighted by molar-refractivity contribution is 7.91. The van der Waals surface area contributed by atoms with Gasteiger partial charge in [-0.1, -0.05) is 31.4 Å². The summed E-state index contributed by atoms with van der Waals surface area (Å²) in [5.41, 5.74) is 5.26. The molecule has 1 saturated carbocycles. The second-order valence-electron chi connectivity index (χ2n) is 9.10. The van der Waals surface area contributed by atoms with Crippen molar-refractivity contribution in [1.29, 1.82) is 0 Å². The summed E-state index contributed by atoms with van der Waals surface area (Å²) in [7, 11) is -3.53.